The molecule has 116 valence electrons. The highest BCUT2D eigenvalue weighted by molar-refractivity contribution is 9.10. The van der Waals surface area contributed by atoms with Gasteiger partial charge >= 0.3 is 0 Å². The van der Waals surface area contributed by atoms with Gasteiger partial charge in [-0.05, 0) is 38.1 Å². The summed E-state index contributed by atoms with van der Waals surface area (Å²) in [5, 5.41) is 0. The van der Waals surface area contributed by atoms with Crippen molar-refractivity contribution in [1.82, 2.24) is 0 Å². The van der Waals surface area contributed by atoms with Crippen LogP contribution in [-0.2, 0) is 15.3 Å². The molecule has 2 N–H and O–H groups in total. The molecule has 0 saturated heterocycles. The minimum atomic E-state index is -3.72. The number of allylic oxidation sites excluding steroid dienone is 1. The van der Waals surface area contributed by atoms with E-state index in [1.165, 1.54) is 38.1 Å². The molecule has 1 heterocycles. The molecule has 1 atom stereocenters. The zero-order valence-corrected chi connectivity index (χ0v) is 14.1. The molecule has 0 saturated carbocycles. The third-order valence-corrected chi connectivity index (χ3v) is 7.23. The monoisotopic (exact) mass is 379 g/mol. The summed E-state index contributed by atoms with van der Waals surface area (Å²) in [6.45, 7) is 1.89. The second kappa shape index (κ2) is 5.05. The van der Waals surface area contributed by atoms with E-state index >= 15 is 0 Å². The number of sulfone groups is 1. The van der Waals surface area contributed by atoms with Gasteiger partial charge < -0.3 is 5.73 Å². The highest BCUT2D eigenvalue weighted by Gasteiger charge is 2.50. The molecule has 0 radical (unpaired) electrons. The van der Waals surface area contributed by atoms with E-state index in [0.29, 0.717) is 4.47 Å². The lowest BCUT2D eigenvalue weighted by atomic mass is 9.80. The van der Waals surface area contributed by atoms with Crippen molar-refractivity contribution in [2.45, 2.75) is 24.0 Å². The van der Waals surface area contributed by atoms with Crippen molar-refractivity contribution in [3.63, 3.8) is 0 Å². The van der Waals surface area contributed by atoms with Crippen LogP contribution in [0.15, 0.2) is 34.4 Å². The maximum absolute atomic E-state index is 14.1. The van der Waals surface area contributed by atoms with Crippen LogP contribution in [-0.4, -0.2) is 25.6 Å². The molecule has 0 fully saturated rings. The summed E-state index contributed by atoms with van der Waals surface area (Å²) in [5.74, 6) is -1.17. The number of halogens is 3. The lowest BCUT2D eigenvalue weighted by Gasteiger charge is -2.39. The fourth-order valence-corrected chi connectivity index (χ4v) is 4.53. The zero-order chi connectivity index (χ0) is 16.1. The molecule has 1 aromatic rings. The van der Waals surface area contributed by atoms with Gasteiger partial charge in [0.1, 0.15) is 17.2 Å². The van der Waals surface area contributed by atoms with Gasteiger partial charge in [0.25, 0.3) is 0 Å². The smallest absolute Gasteiger partial charge is 0.162 e. The molecule has 1 aromatic carbocycles. The van der Waals surface area contributed by atoms with Crippen molar-refractivity contribution in [1.29, 1.82) is 0 Å². The maximum Gasteiger partial charge on any atom is 0.162 e. The average molecular weight is 380 g/mol. The number of nitrogens with two attached hydrogens (primary N) is 1. The lowest BCUT2D eigenvalue weighted by molar-refractivity contribution is 0.363. The molecule has 7 heteroatoms. The summed E-state index contributed by atoms with van der Waals surface area (Å²) in [6.07, 6.45) is 1.35. The molecule has 3 nitrogen and oxygen atoms in total. The Kier molecular flexibility index (Phi) is 3.95. The van der Waals surface area contributed by atoms with Gasteiger partial charge in [-0.15, -0.1) is 0 Å². The molecule has 1 aliphatic heterocycles. The van der Waals surface area contributed by atoms with E-state index in [2.05, 4.69) is 15.9 Å². The Labute approximate surface area is 131 Å². The third-order valence-electron chi connectivity index (χ3n) is 4.06. The van der Waals surface area contributed by atoms with Crippen LogP contribution in [0.4, 0.5) is 8.78 Å². The number of hydrogen-bond donors (Lipinski definition) is 1. The van der Waals surface area contributed by atoms with Gasteiger partial charge in [0.15, 0.2) is 9.84 Å². The van der Waals surface area contributed by atoms with Gasteiger partial charge in [-0.1, -0.05) is 15.9 Å². The number of benzene rings is 1. The minimum Gasteiger partial charge on any atom is -0.401 e. The summed E-state index contributed by atoms with van der Waals surface area (Å²) in [6, 6.07) is 4.04. The van der Waals surface area contributed by atoms with E-state index in [1.54, 1.807) is 0 Å². The molecule has 2 rings (SSSR count). The van der Waals surface area contributed by atoms with Crippen molar-refractivity contribution in [2.24, 2.45) is 5.73 Å². The average Bonchev–Trinajstić information content (AvgIpc) is 2.38. The quantitative estimate of drug-likeness (QED) is 0.859. The van der Waals surface area contributed by atoms with Crippen molar-refractivity contribution in [3.8, 4) is 0 Å². The predicted molar refractivity (Wildman–Crippen MR) is 81.9 cm³/mol. The first-order valence-corrected chi connectivity index (χ1v) is 8.73. The Hall–Kier alpha value is -0.950. The largest absolute Gasteiger partial charge is 0.401 e. The van der Waals surface area contributed by atoms with Crippen molar-refractivity contribution in [2.75, 3.05) is 12.4 Å². The van der Waals surface area contributed by atoms with Crippen molar-refractivity contribution in [3.05, 3.63) is 45.8 Å². The maximum atomic E-state index is 14.1. The molecule has 0 bridgehead atoms. The highest BCUT2D eigenvalue weighted by Crippen LogP contribution is 2.41. The van der Waals surface area contributed by atoms with Gasteiger partial charge in [0, 0.05) is 15.7 Å². The molecule has 0 spiro atoms. The Balaban J connectivity index is 2.75. The summed E-state index contributed by atoms with van der Waals surface area (Å²) in [7, 11) is -3.72. The van der Waals surface area contributed by atoms with Gasteiger partial charge in [-0.25, -0.2) is 17.2 Å². The molecule has 0 aliphatic carbocycles. The molecule has 0 amide bonds. The third kappa shape index (κ3) is 2.50. The molecular weight excluding hydrogens is 364 g/mol. The van der Waals surface area contributed by atoms with Crippen LogP contribution in [0.25, 0.3) is 0 Å². The van der Waals surface area contributed by atoms with E-state index in [0.717, 1.165) is 0 Å². The first-order chi connectivity index (χ1) is 9.56. The van der Waals surface area contributed by atoms with Crippen LogP contribution in [0, 0.1) is 5.82 Å². The van der Waals surface area contributed by atoms with Crippen molar-refractivity contribution >= 4 is 25.8 Å². The SMILES string of the molecule is CC1(C)C(N)=CC(CF)(c2cc(Br)ccc2F)CS1(=O)=O. The summed E-state index contributed by atoms with van der Waals surface area (Å²) >= 11 is 3.19. The molecular formula is C14H16BrF2NO2S. The Morgan fingerprint density at radius 1 is 1.38 bits per heavy atom. The van der Waals surface area contributed by atoms with Crippen LogP contribution >= 0.6 is 15.9 Å². The van der Waals surface area contributed by atoms with Crippen LogP contribution in [0.5, 0.6) is 0 Å². The number of rotatable bonds is 2. The lowest BCUT2D eigenvalue weighted by Crippen LogP contribution is -2.51. The first kappa shape index (κ1) is 16.4. The zero-order valence-electron chi connectivity index (χ0n) is 11.7. The van der Waals surface area contributed by atoms with E-state index in [-0.39, 0.29) is 11.3 Å². The Morgan fingerprint density at radius 2 is 2.00 bits per heavy atom. The highest BCUT2D eigenvalue weighted by atomic mass is 79.9. The van der Waals surface area contributed by atoms with E-state index < -0.39 is 38.2 Å². The fourth-order valence-electron chi connectivity index (χ4n) is 2.40. The Bertz CT molecular complexity index is 716. The van der Waals surface area contributed by atoms with Gasteiger partial charge in [-0.3, -0.25) is 0 Å². The second-order valence-electron chi connectivity index (χ2n) is 5.78. The molecule has 1 unspecified atom stereocenters. The van der Waals surface area contributed by atoms with Gasteiger partial charge in [0.05, 0.1) is 11.2 Å². The van der Waals surface area contributed by atoms with Crippen LogP contribution in [0.3, 0.4) is 0 Å². The second-order valence-corrected chi connectivity index (χ2v) is 9.24. The van der Waals surface area contributed by atoms with Crippen LogP contribution in [0.1, 0.15) is 19.4 Å². The van der Waals surface area contributed by atoms with Gasteiger partial charge in [-0.2, -0.15) is 0 Å². The predicted octanol–water partition coefficient (Wildman–Crippen LogP) is 2.85. The molecule has 1 aliphatic rings. The van der Waals surface area contributed by atoms with Crippen LogP contribution in [0.2, 0.25) is 0 Å². The van der Waals surface area contributed by atoms with Crippen LogP contribution < -0.4 is 5.73 Å². The fraction of sp³-hybridized carbons (Fsp3) is 0.429. The number of alkyl halides is 1. The topological polar surface area (TPSA) is 60.2 Å². The van der Waals surface area contributed by atoms with E-state index in [9.17, 15) is 17.2 Å². The standard InChI is InChI=1S/C14H16BrF2NO2S/c1-13(2)12(18)6-14(7-16,8-21(13,19)20)10-5-9(15)3-4-11(10)17/h3-6H,7-8,18H2,1-2H3. The number of hydrogen-bond acceptors (Lipinski definition) is 3. The summed E-state index contributed by atoms with van der Waals surface area (Å²) in [5.41, 5.74) is 4.28. The van der Waals surface area contributed by atoms with Gasteiger partial charge in [0.2, 0.25) is 0 Å². The first-order valence-electron chi connectivity index (χ1n) is 6.28. The molecule has 0 aromatic heterocycles. The summed E-state index contributed by atoms with van der Waals surface area (Å²) < 4.78 is 52.0. The normalized spacial score (nSPS) is 27.2. The Morgan fingerprint density at radius 3 is 2.52 bits per heavy atom. The molecule has 21 heavy (non-hydrogen) atoms. The van der Waals surface area contributed by atoms with Crippen molar-refractivity contribution < 1.29 is 17.2 Å². The minimum absolute atomic E-state index is 0.0126. The summed E-state index contributed by atoms with van der Waals surface area (Å²) in [4.78, 5) is 0. The van der Waals surface area contributed by atoms with E-state index in [1.807, 2.05) is 0 Å². The van der Waals surface area contributed by atoms with E-state index in [4.69, 9.17) is 5.73 Å².